The van der Waals surface area contributed by atoms with Crippen LogP contribution in [0, 0.1) is 0 Å². The number of benzene rings is 2. The van der Waals surface area contributed by atoms with Crippen LogP contribution in [0.3, 0.4) is 0 Å². The van der Waals surface area contributed by atoms with Gasteiger partial charge in [-0.05, 0) is 29.8 Å². The standard InChI is InChI=1S/C18H15N5O/c19-17-15(23-22-14-8-4-5-9-16(14)24)11-10-13(18(17)21-20)12-6-2-1-3-7-12/h1-11,17,24H,19H2. The molecule has 6 heteroatoms. The van der Waals surface area contributed by atoms with Crippen molar-refractivity contribution in [2.24, 2.45) is 16.0 Å². The molecular formula is C18H15N5O. The fraction of sp³-hybridized carbons (Fsp3) is 0.0556. The summed E-state index contributed by atoms with van der Waals surface area (Å²) in [5.41, 5.74) is 18.2. The van der Waals surface area contributed by atoms with Crippen molar-refractivity contribution in [3.8, 4) is 5.75 Å². The van der Waals surface area contributed by atoms with Gasteiger partial charge in [0.25, 0.3) is 0 Å². The minimum Gasteiger partial charge on any atom is -0.506 e. The number of phenols is 1. The van der Waals surface area contributed by atoms with Crippen LogP contribution in [0.5, 0.6) is 5.75 Å². The van der Waals surface area contributed by atoms with Gasteiger partial charge in [-0.2, -0.15) is 9.90 Å². The summed E-state index contributed by atoms with van der Waals surface area (Å²) in [4.78, 5) is 3.34. The first kappa shape index (κ1) is 15.6. The maximum atomic E-state index is 9.71. The molecule has 1 unspecified atom stereocenters. The monoisotopic (exact) mass is 317 g/mol. The van der Waals surface area contributed by atoms with E-state index in [2.05, 4.69) is 15.0 Å². The highest BCUT2D eigenvalue weighted by atomic mass is 16.3. The number of rotatable bonds is 3. The van der Waals surface area contributed by atoms with Crippen molar-refractivity contribution < 1.29 is 9.90 Å². The van der Waals surface area contributed by atoms with Crippen molar-refractivity contribution in [3.05, 3.63) is 83.5 Å². The van der Waals surface area contributed by atoms with Crippen LogP contribution in [-0.2, 0) is 0 Å². The van der Waals surface area contributed by atoms with Crippen molar-refractivity contribution in [3.63, 3.8) is 0 Å². The molecule has 2 aromatic carbocycles. The van der Waals surface area contributed by atoms with Crippen LogP contribution in [0.25, 0.3) is 11.1 Å². The summed E-state index contributed by atoms with van der Waals surface area (Å²) in [6, 6.07) is 15.4. The number of para-hydroxylation sites is 1. The first-order valence-corrected chi connectivity index (χ1v) is 7.35. The van der Waals surface area contributed by atoms with E-state index < -0.39 is 6.04 Å². The van der Waals surface area contributed by atoms with E-state index >= 15 is 0 Å². The lowest BCUT2D eigenvalue weighted by Crippen LogP contribution is -2.35. The molecular weight excluding hydrogens is 302 g/mol. The second-order valence-electron chi connectivity index (χ2n) is 5.19. The Morgan fingerprint density at radius 3 is 2.38 bits per heavy atom. The highest BCUT2D eigenvalue weighted by molar-refractivity contribution is 6.25. The van der Waals surface area contributed by atoms with Gasteiger partial charge in [0.2, 0.25) is 0 Å². The van der Waals surface area contributed by atoms with E-state index in [0.29, 0.717) is 17.1 Å². The molecule has 24 heavy (non-hydrogen) atoms. The third kappa shape index (κ3) is 3.05. The Kier molecular flexibility index (Phi) is 4.43. The SMILES string of the molecule is [N-]=[N+]=C1C(c2ccccc2)=CC=C(N=Nc2ccccc2O)C1N. The minimum absolute atomic E-state index is 0.0304. The molecule has 2 aromatic rings. The summed E-state index contributed by atoms with van der Waals surface area (Å²) >= 11 is 0. The number of phenolic OH excluding ortho intramolecular Hbond substituents is 1. The van der Waals surface area contributed by atoms with Crippen LogP contribution < -0.4 is 5.73 Å². The number of azo groups is 1. The molecule has 0 aromatic heterocycles. The lowest BCUT2D eigenvalue weighted by Gasteiger charge is -2.14. The van der Waals surface area contributed by atoms with Crippen LogP contribution in [0.15, 0.2) is 82.7 Å². The maximum Gasteiger partial charge on any atom is 0.322 e. The Balaban J connectivity index is 1.96. The molecule has 0 heterocycles. The maximum absolute atomic E-state index is 9.71. The van der Waals surface area contributed by atoms with Gasteiger partial charge in [0, 0.05) is 0 Å². The zero-order valence-corrected chi connectivity index (χ0v) is 12.7. The van der Waals surface area contributed by atoms with Gasteiger partial charge in [0.15, 0.2) is 6.04 Å². The number of aromatic hydroxyl groups is 1. The van der Waals surface area contributed by atoms with Crippen molar-refractivity contribution in [1.82, 2.24) is 0 Å². The van der Waals surface area contributed by atoms with Crippen LogP contribution in [-0.4, -0.2) is 21.6 Å². The summed E-state index contributed by atoms with van der Waals surface area (Å²) in [5, 5.41) is 17.8. The van der Waals surface area contributed by atoms with Crippen molar-refractivity contribution in [2.45, 2.75) is 6.04 Å². The first-order chi connectivity index (χ1) is 11.7. The van der Waals surface area contributed by atoms with Gasteiger partial charge in [-0.15, -0.1) is 5.11 Å². The largest absolute Gasteiger partial charge is 0.506 e. The van der Waals surface area contributed by atoms with E-state index in [9.17, 15) is 10.6 Å². The number of nitrogens with zero attached hydrogens (tertiary/aromatic N) is 4. The van der Waals surface area contributed by atoms with Crippen LogP contribution in [0.2, 0.25) is 0 Å². The molecule has 3 rings (SSSR count). The molecule has 0 fully saturated rings. The van der Waals surface area contributed by atoms with Gasteiger partial charge in [-0.25, -0.2) is 0 Å². The summed E-state index contributed by atoms with van der Waals surface area (Å²) in [7, 11) is 0. The van der Waals surface area contributed by atoms with Gasteiger partial charge in [-0.1, -0.05) is 42.5 Å². The predicted octanol–water partition coefficient (Wildman–Crippen LogP) is 3.46. The summed E-state index contributed by atoms with van der Waals surface area (Å²) in [5.74, 6) is 0.0304. The van der Waals surface area contributed by atoms with Crippen molar-refractivity contribution in [2.75, 3.05) is 0 Å². The van der Waals surface area contributed by atoms with E-state index in [1.54, 1.807) is 30.4 Å². The Hall–Kier alpha value is -3.34. The molecule has 0 radical (unpaired) electrons. The smallest absolute Gasteiger partial charge is 0.322 e. The fourth-order valence-electron chi connectivity index (χ4n) is 2.40. The molecule has 3 N–H and O–H groups in total. The Morgan fingerprint density at radius 1 is 0.958 bits per heavy atom. The van der Waals surface area contributed by atoms with E-state index in [-0.39, 0.29) is 5.75 Å². The zero-order chi connectivity index (χ0) is 16.9. The fourth-order valence-corrected chi connectivity index (χ4v) is 2.40. The average Bonchev–Trinajstić information content (AvgIpc) is 2.62. The highest BCUT2D eigenvalue weighted by Gasteiger charge is 2.31. The van der Waals surface area contributed by atoms with Crippen LogP contribution in [0.4, 0.5) is 5.69 Å². The van der Waals surface area contributed by atoms with Gasteiger partial charge in [0.05, 0.1) is 11.3 Å². The molecule has 1 aliphatic rings. The van der Waals surface area contributed by atoms with Crippen molar-refractivity contribution in [1.29, 1.82) is 0 Å². The lowest BCUT2D eigenvalue weighted by molar-refractivity contribution is -0.00603. The molecule has 0 saturated heterocycles. The molecule has 0 saturated carbocycles. The quantitative estimate of drug-likeness (QED) is 0.668. The average molecular weight is 317 g/mol. The Labute approximate surface area is 138 Å². The molecule has 0 bridgehead atoms. The molecule has 118 valence electrons. The Bertz CT molecular complexity index is 893. The molecule has 0 aliphatic heterocycles. The minimum atomic E-state index is -0.718. The normalized spacial score (nSPS) is 17.4. The van der Waals surface area contributed by atoms with Crippen molar-refractivity contribution >= 4 is 17.0 Å². The van der Waals surface area contributed by atoms with Crippen LogP contribution >= 0.6 is 0 Å². The number of nitrogens with two attached hydrogens (primary N) is 1. The van der Waals surface area contributed by atoms with Gasteiger partial charge in [0.1, 0.15) is 11.4 Å². The molecule has 1 atom stereocenters. The third-order valence-corrected chi connectivity index (χ3v) is 3.66. The zero-order valence-electron chi connectivity index (χ0n) is 12.7. The van der Waals surface area contributed by atoms with E-state index in [1.165, 1.54) is 6.07 Å². The van der Waals surface area contributed by atoms with E-state index in [0.717, 1.165) is 11.1 Å². The second kappa shape index (κ2) is 6.83. The molecule has 0 spiro atoms. The number of allylic oxidation sites excluding steroid dienone is 2. The molecule has 1 aliphatic carbocycles. The number of hydrogen-bond acceptors (Lipinski definition) is 4. The molecule has 0 amide bonds. The van der Waals surface area contributed by atoms with E-state index in [4.69, 9.17) is 5.73 Å². The van der Waals surface area contributed by atoms with E-state index in [1.807, 2.05) is 30.3 Å². The predicted molar refractivity (Wildman–Crippen MR) is 91.7 cm³/mol. The second-order valence-corrected chi connectivity index (χ2v) is 5.19. The summed E-state index contributed by atoms with van der Waals surface area (Å²) in [6.45, 7) is 0. The summed E-state index contributed by atoms with van der Waals surface area (Å²) < 4.78 is 0. The molecule has 6 nitrogen and oxygen atoms in total. The summed E-state index contributed by atoms with van der Waals surface area (Å²) in [6.07, 6.45) is 3.51. The van der Waals surface area contributed by atoms with Crippen LogP contribution in [0.1, 0.15) is 5.56 Å². The Morgan fingerprint density at radius 2 is 1.67 bits per heavy atom. The topological polar surface area (TPSA) is 107 Å². The number of hydrogen-bond donors (Lipinski definition) is 2. The van der Waals surface area contributed by atoms with Gasteiger partial charge >= 0.3 is 5.71 Å². The van der Waals surface area contributed by atoms with Gasteiger partial charge < -0.3 is 16.4 Å². The highest BCUT2D eigenvalue weighted by Crippen LogP contribution is 2.28. The third-order valence-electron chi connectivity index (χ3n) is 3.66. The first-order valence-electron chi connectivity index (χ1n) is 7.35. The lowest BCUT2D eigenvalue weighted by atomic mass is 9.91. The van der Waals surface area contributed by atoms with Gasteiger partial charge in [-0.3, -0.25) is 0 Å².